The quantitative estimate of drug-likeness (QED) is 0.312. The number of nitrogens with two attached hydrogens (primary N) is 1. The number of para-hydroxylation sites is 1. The summed E-state index contributed by atoms with van der Waals surface area (Å²) in [7, 11) is 0. The number of hydrogen-bond acceptors (Lipinski definition) is 6. The molecule has 0 saturated heterocycles. The van der Waals surface area contributed by atoms with E-state index in [-0.39, 0.29) is 32.8 Å². The molecule has 1 amide bonds. The molecule has 0 unspecified atom stereocenters. The number of amides is 1. The average molecular weight is 463 g/mol. The number of benzene rings is 2. The van der Waals surface area contributed by atoms with Crippen LogP contribution in [0.2, 0.25) is 0 Å². The van der Waals surface area contributed by atoms with Crippen LogP contribution in [0.25, 0.3) is 0 Å². The van der Waals surface area contributed by atoms with Gasteiger partial charge in [-0.3, -0.25) is 4.79 Å². The van der Waals surface area contributed by atoms with E-state index in [9.17, 15) is 23.1 Å². The third kappa shape index (κ3) is 5.55. The van der Waals surface area contributed by atoms with Crippen LogP contribution in [0.4, 0.5) is 29.7 Å². The van der Waals surface area contributed by atoms with Gasteiger partial charge >= 0.3 is 6.18 Å². The van der Waals surface area contributed by atoms with Crippen LogP contribution in [0, 0.1) is 13.8 Å². The third-order valence-electron chi connectivity index (χ3n) is 4.50. The van der Waals surface area contributed by atoms with E-state index in [0.717, 1.165) is 16.9 Å². The molecule has 0 fully saturated rings. The van der Waals surface area contributed by atoms with Crippen molar-refractivity contribution in [2.45, 2.75) is 20.0 Å². The van der Waals surface area contributed by atoms with Crippen LogP contribution < -0.4 is 16.4 Å². The number of carbonyl (C=O) groups is 1. The first kappa shape index (κ1) is 23.1. The molecule has 0 saturated carbocycles. The fourth-order valence-electron chi connectivity index (χ4n) is 2.84. The van der Waals surface area contributed by atoms with Crippen LogP contribution >= 0.6 is 11.3 Å². The number of phenolic OH excluding ortho intramolecular Hbond substituents is 1. The van der Waals surface area contributed by atoms with E-state index < -0.39 is 18.6 Å². The van der Waals surface area contributed by atoms with Crippen LogP contribution in [0.1, 0.15) is 26.4 Å². The summed E-state index contributed by atoms with van der Waals surface area (Å²) in [5.41, 5.74) is 8.27. The van der Waals surface area contributed by atoms with Gasteiger partial charge in [-0.25, -0.2) is 9.98 Å². The number of nitrogens with one attached hydrogen (secondary N) is 2. The summed E-state index contributed by atoms with van der Waals surface area (Å²) in [4.78, 5) is 21.1. The van der Waals surface area contributed by atoms with Crippen molar-refractivity contribution in [1.29, 1.82) is 0 Å². The minimum atomic E-state index is -4.39. The fourth-order valence-corrected chi connectivity index (χ4v) is 3.54. The van der Waals surface area contributed by atoms with Crippen molar-refractivity contribution in [1.82, 2.24) is 4.98 Å². The van der Waals surface area contributed by atoms with E-state index in [1.807, 2.05) is 0 Å². The zero-order chi connectivity index (χ0) is 23.5. The predicted octanol–water partition coefficient (Wildman–Crippen LogP) is 4.73. The first-order chi connectivity index (χ1) is 15.0. The maximum Gasteiger partial charge on any atom is 0.405 e. The number of alkyl halides is 3. The number of phenols is 1. The molecule has 3 aromatic rings. The molecule has 0 spiro atoms. The zero-order valence-electron chi connectivity index (χ0n) is 17.1. The van der Waals surface area contributed by atoms with Gasteiger partial charge < -0.3 is 21.5 Å². The van der Waals surface area contributed by atoms with Gasteiger partial charge in [-0.2, -0.15) is 13.2 Å². The van der Waals surface area contributed by atoms with E-state index in [0.29, 0.717) is 11.3 Å². The SMILES string of the molecule is Cc1ccc(O)c(C)c1NC(=O)c1cnc(/N=C(\N)c2ccccc2NCC(F)(F)F)s1. The Morgan fingerprint density at radius 3 is 2.66 bits per heavy atom. The fraction of sp³-hybridized carbons (Fsp3) is 0.190. The highest BCUT2D eigenvalue weighted by Crippen LogP contribution is 2.30. The van der Waals surface area contributed by atoms with Crippen LogP contribution in [-0.4, -0.2) is 34.6 Å². The number of rotatable bonds is 6. The third-order valence-corrected chi connectivity index (χ3v) is 5.39. The molecule has 5 N–H and O–H groups in total. The minimum absolute atomic E-state index is 0.0451. The number of aromatic hydroxyl groups is 1. The Morgan fingerprint density at radius 1 is 1.22 bits per heavy atom. The number of aromatic nitrogens is 1. The molecule has 32 heavy (non-hydrogen) atoms. The molecule has 1 heterocycles. The molecule has 3 rings (SSSR count). The number of halogens is 3. The van der Waals surface area contributed by atoms with Crippen molar-refractivity contribution in [3.63, 3.8) is 0 Å². The summed E-state index contributed by atoms with van der Waals surface area (Å²) in [6.07, 6.45) is -3.06. The Morgan fingerprint density at radius 2 is 1.94 bits per heavy atom. The number of hydrogen-bond donors (Lipinski definition) is 4. The molecule has 0 atom stereocenters. The Kier molecular flexibility index (Phi) is 6.68. The second kappa shape index (κ2) is 9.27. The molecule has 11 heteroatoms. The Balaban J connectivity index is 1.79. The summed E-state index contributed by atoms with van der Waals surface area (Å²) in [6.45, 7) is 2.27. The smallest absolute Gasteiger partial charge is 0.405 e. The van der Waals surface area contributed by atoms with Crippen LogP contribution in [0.3, 0.4) is 0 Å². The summed E-state index contributed by atoms with van der Waals surface area (Å²) >= 11 is 0.969. The van der Waals surface area contributed by atoms with Crippen molar-refractivity contribution >= 4 is 39.6 Å². The van der Waals surface area contributed by atoms with E-state index in [4.69, 9.17) is 5.73 Å². The molecule has 0 radical (unpaired) electrons. The molecule has 0 aliphatic heterocycles. The van der Waals surface area contributed by atoms with Gasteiger partial charge in [0.15, 0.2) is 0 Å². The Labute approximate surface area is 185 Å². The highest BCUT2D eigenvalue weighted by Gasteiger charge is 2.27. The highest BCUT2D eigenvalue weighted by molar-refractivity contribution is 7.17. The number of anilines is 2. The minimum Gasteiger partial charge on any atom is -0.508 e. The van der Waals surface area contributed by atoms with Crippen molar-refractivity contribution in [3.8, 4) is 5.75 Å². The summed E-state index contributed by atoms with van der Waals surface area (Å²) in [5.74, 6) is -0.422. The van der Waals surface area contributed by atoms with Crippen molar-refractivity contribution in [3.05, 3.63) is 64.2 Å². The molecule has 2 aromatic carbocycles. The number of aliphatic imine (C=N–C) groups is 1. The number of carbonyl (C=O) groups excluding carboxylic acids is 1. The first-order valence-electron chi connectivity index (χ1n) is 9.35. The van der Waals surface area contributed by atoms with E-state index in [1.54, 1.807) is 38.1 Å². The molecular formula is C21H20F3N5O2S. The first-order valence-corrected chi connectivity index (χ1v) is 10.2. The lowest BCUT2D eigenvalue weighted by Gasteiger charge is -2.13. The van der Waals surface area contributed by atoms with Crippen LogP contribution in [0.5, 0.6) is 5.75 Å². The van der Waals surface area contributed by atoms with E-state index in [2.05, 4.69) is 20.6 Å². The van der Waals surface area contributed by atoms with Crippen LogP contribution in [-0.2, 0) is 0 Å². The molecule has 0 aliphatic carbocycles. The monoisotopic (exact) mass is 463 g/mol. The number of amidine groups is 1. The van der Waals surface area contributed by atoms with Gasteiger partial charge in [-0.05, 0) is 37.6 Å². The Hall–Kier alpha value is -3.60. The molecule has 1 aromatic heterocycles. The van der Waals surface area contributed by atoms with E-state index in [1.165, 1.54) is 18.3 Å². The van der Waals surface area contributed by atoms with Crippen molar-refractivity contribution in [2.24, 2.45) is 10.7 Å². The predicted molar refractivity (Wildman–Crippen MR) is 119 cm³/mol. The normalized spacial score (nSPS) is 12.0. The van der Waals surface area contributed by atoms with Crippen LogP contribution in [0.15, 0.2) is 47.6 Å². The van der Waals surface area contributed by atoms with Gasteiger partial charge in [0.1, 0.15) is 23.0 Å². The van der Waals surface area contributed by atoms with Gasteiger partial charge in [0, 0.05) is 16.8 Å². The standard InChI is InChI=1S/C21H20F3N5O2S/c1-11-7-8-15(30)12(2)17(11)28-19(31)16-9-26-20(32-16)29-18(25)13-5-3-4-6-14(13)27-10-21(22,23)24/h3-9,27,30H,10H2,1-2H3,(H,28,31)(H2,25,26,29). The maximum absolute atomic E-state index is 12.6. The lowest BCUT2D eigenvalue weighted by atomic mass is 10.1. The lowest BCUT2D eigenvalue weighted by molar-refractivity contribution is -0.115. The average Bonchev–Trinajstić information content (AvgIpc) is 3.20. The van der Waals surface area contributed by atoms with Gasteiger partial charge in [0.2, 0.25) is 5.13 Å². The zero-order valence-corrected chi connectivity index (χ0v) is 17.9. The summed E-state index contributed by atoms with van der Waals surface area (Å²) in [5, 5.41) is 15.1. The van der Waals surface area contributed by atoms with Crippen molar-refractivity contribution < 1.29 is 23.1 Å². The molecule has 168 valence electrons. The summed E-state index contributed by atoms with van der Waals surface area (Å²) in [6, 6.07) is 9.43. The molecule has 0 aliphatic rings. The molecular weight excluding hydrogens is 443 g/mol. The largest absolute Gasteiger partial charge is 0.508 e. The number of thiazole rings is 1. The topological polar surface area (TPSA) is 113 Å². The van der Waals surface area contributed by atoms with Gasteiger partial charge in [-0.1, -0.05) is 29.5 Å². The highest BCUT2D eigenvalue weighted by atomic mass is 32.1. The van der Waals surface area contributed by atoms with Crippen molar-refractivity contribution in [2.75, 3.05) is 17.2 Å². The second-order valence-electron chi connectivity index (χ2n) is 6.87. The Bertz CT molecular complexity index is 1170. The van der Waals surface area contributed by atoms with Gasteiger partial charge in [0.25, 0.3) is 5.91 Å². The maximum atomic E-state index is 12.6. The lowest BCUT2D eigenvalue weighted by Crippen LogP contribution is -2.23. The van der Waals surface area contributed by atoms with E-state index >= 15 is 0 Å². The number of nitrogens with zero attached hydrogens (tertiary/aromatic N) is 2. The molecule has 7 nitrogen and oxygen atoms in total. The summed E-state index contributed by atoms with van der Waals surface area (Å²) < 4.78 is 37.6. The van der Waals surface area contributed by atoms with Gasteiger partial charge in [0.05, 0.1) is 11.9 Å². The van der Waals surface area contributed by atoms with Gasteiger partial charge in [-0.15, -0.1) is 0 Å². The number of aryl methyl sites for hydroxylation is 1. The second-order valence-corrected chi connectivity index (χ2v) is 7.88. The molecule has 0 bridgehead atoms.